The number of hydrogen-bond donors (Lipinski definition) is 1. The number of piperazine rings is 1. The second kappa shape index (κ2) is 5.84. The summed E-state index contributed by atoms with van der Waals surface area (Å²) in [6.45, 7) is 1.59. The average molecular weight is 306 g/mol. The lowest BCUT2D eigenvalue weighted by atomic mass is 10.0. The average Bonchev–Trinajstić information content (AvgIpc) is 2.96. The van der Waals surface area contributed by atoms with Crippen LogP contribution < -0.4 is 5.32 Å². The Kier molecular flexibility index (Phi) is 3.89. The van der Waals surface area contributed by atoms with E-state index in [2.05, 4.69) is 10.4 Å². The molecule has 1 aliphatic heterocycles. The van der Waals surface area contributed by atoms with Gasteiger partial charge in [-0.15, -0.1) is 0 Å². The van der Waals surface area contributed by atoms with E-state index in [9.17, 15) is 13.6 Å². The van der Waals surface area contributed by atoms with E-state index < -0.39 is 17.5 Å². The number of carbonyl (C=O) groups excluding carboxylic acids is 1. The van der Waals surface area contributed by atoms with E-state index in [-0.39, 0.29) is 11.6 Å². The summed E-state index contributed by atoms with van der Waals surface area (Å²) in [5, 5.41) is 7.31. The minimum atomic E-state index is -1.10. The molecule has 2 heterocycles. The first kappa shape index (κ1) is 14.6. The first-order valence-corrected chi connectivity index (χ1v) is 7.02. The van der Waals surface area contributed by atoms with Crippen molar-refractivity contribution in [2.45, 2.75) is 6.04 Å². The number of aryl methyl sites for hydroxylation is 1. The van der Waals surface area contributed by atoms with E-state index in [0.29, 0.717) is 19.6 Å². The fourth-order valence-corrected chi connectivity index (χ4v) is 2.68. The molecule has 2 aromatic rings. The second-order valence-electron chi connectivity index (χ2n) is 5.27. The van der Waals surface area contributed by atoms with Crippen molar-refractivity contribution in [2.75, 3.05) is 19.6 Å². The van der Waals surface area contributed by atoms with Crippen molar-refractivity contribution in [3.8, 4) is 0 Å². The van der Waals surface area contributed by atoms with E-state index >= 15 is 0 Å². The van der Waals surface area contributed by atoms with Crippen LogP contribution in [-0.2, 0) is 7.05 Å². The lowest BCUT2D eigenvalue weighted by molar-refractivity contribution is 0.0628. The molecule has 116 valence electrons. The zero-order chi connectivity index (χ0) is 15.7. The molecule has 22 heavy (non-hydrogen) atoms. The third kappa shape index (κ3) is 2.59. The lowest BCUT2D eigenvalue weighted by Gasteiger charge is -2.36. The van der Waals surface area contributed by atoms with Crippen molar-refractivity contribution in [1.29, 1.82) is 0 Å². The molecule has 1 unspecified atom stereocenters. The zero-order valence-corrected chi connectivity index (χ0v) is 12.1. The van der Waals surface area contributed by atoms with Crippen LogP contribution >= 0.6 is 0 Å². The molecule has 1 fully saturated rings. The molecule has 1 N–H and O–H groups in total. The predicted molar refractivity (Wildman–Crippen MR) is 76.2 cm³/mol. The van der Waals surface area contributed by atoms with Crippen molar-refractivity contribution in [3.05, 3.63) is 53.4 Å². The highest BCUT2D eigenvalue weighted by molar-refractivity contribution is 5.94. The van der Waals surface area contributed by atoms with Crippen molar-refractivity contribution in [2.24, 2.45) is 7.05 Å². The molecule has 0 bridgehead atoms. The minimum absolute atomic E-state index is 0.240. The maximum atomic E-state index is 13.9. The summed E-state index contributed by atoms with van der Waals surface area (Å²) in [6, 6.07) is 3.40. The Bertz CT molecular complexity index is 701. The third-order valence-electron chi connectivity index (χ3n) is 3.80. The van der Waals surface area contributed by atoms with Gasteiger partial charge in [-0.25, -0.2) is 8.78 Å². The molecule has 7 heteroatoms. The van der Waals surface area contributed by atoms with Gasteiger partial charge in [0.1, 0.15) is 0 Å². The van der Waals surface area contributed by atoms with Crippen molar-refractivity contribution >= 4 is 5.91 Å². The van der Waals surface area contributed by atoms with Gasteiger partial charge in [-0.2, -0.15) is 5.10 Å². The number of carbonyl (C=O) groups is 1. The fraction of sp³-hybridized carbons (Fsp3) is 0.333. The maximum Gasteiger partial charge on any atom is 0.257 e. The summed E-state index contributed by atoms with van der Waals surface area (Å²) in [6.07, 6.45) is 3.50. The number of aromatic nitrogens is 2. The first-order chi connectivity index (χ1) is 10.6. The van der Waals surface area contributed by atoms with Crippen LogP contribution in [0.3, 0.4) is 0 Å². The Morgan fingerprint density at radius 2 is 2.23 bits per heavy atom. The molecule has 1 aliphatic rings. The topological polar surface area (TPSA) is 50.2 Å². The standard InChI is InChI=1S/C15H16F2N4O/c1-20-9-10(7-19-20)13-8-18-5-6-21(13)15(22)11-3-2-4-12(16)14(11)17/h2-4,7,9,13,18H,5-6,8H2,1H3. The van der Waals surface area contributed by atoms with Gasteiger partial charge < -0.3 is 10.2 Å². The number of nitrogens with zero attached hydrogens (tertiary/aromatic N) is 3. The summed E-state index contributed by atoms with van der Waals surface area (Å²) in [4.78, 5) is 14.2. The molecule has 0 spiro atoms. The van der Waals surface area contributed by atoms with Crippen molar-refractivity contribution in [3.63, 3.8) is 0 Å². The Labute approximate surface area is 126 Å². The maximum absolute atomic E-state index is 13.9. The number of amides is 1. The van der Waals surface area contributed by atoms with E-state index in [1.54, 1.807) is 22.8 Å². The number of hydrogen-bond acceptors (Lipinski definition) is 3. The zero-order valence-electron chi connectivity index (χ0n) is 12.1. The fourth-order valence-electron chi connectivity index (χ4n) is 2.68. The molecule has 3 rings (SSSR count). The van der Waals surface area contributed by atoms with Crippen LogP contribution in [0.15, 0.2) is 30.6 Å². The summed E-state index contributed by atoms with van der Waals surface area (Å²) >= 11 is 0. The van der Waals surface area contributed by atoms with Gasteiger partial charge >= 0.3 is 0 Å². The number of rotatable bonds is 2. The highest BCUT2D eigenvalue weighted by Crippen LogP contribution is 2.25. The monoisotopic (exact) mass is 306 g/mol. The first-order valence-electron chi connectivity index (χ1n) is 7.02. The molecule has 1 amide bonds. The smallest absolute Gasteiger partial charge is 0.257 e. The lowest BCUT2D eigenvalue weighted by Crippen LogP contribution is -2.48. The van der Waals surface area contributed by atoms with Gasteiger partial charge in [0.15, 0.2) is 11.6 Å². The van der Waals surface area contributed by atoms with Crippen LogP contribution in [0.2, 0.25) is 0 Å². The Hall–Kier alpha value is -2.28. The highest BCUT2D eigenvalue weighted by atomic mass is 19.2. The largest absolute Gasteiger partial charge is 0.329 e. The van der Waals surface area contributed by atoms with Crippen LogP contribution in [0.4, 0.5) is 8.78 Å². The van der Waals surface area contributed by atoms with Gasteiger partial charge in [0.05, 0.1) is 17.8 Å². The number of halogens is 2. The van der Waals surface area contributed by atoms with E-state index in [1.165, 1.54) is 12.1 Å². The van der Waals surface area contributed by atoms with E-state index in [0.717, 1.165) is 11.6 Å². The van der Waals surface area contributed by atoms with Gasteiger partial charge in [-0.1, -0.05) is 6.07 Å². The van der Waals surface area contributed by atoms with Crippen LogP contribution in [0.5, 0.6) is 0 Å². The van der Waals surface area contributed by atoms with Crippen LogP contribution in [0.1, 0.15) is 22.0 Å². The molecule has 0 saturated carbocycles. The Morgan fingerprint density at radius 1 is 1.41 bits per heavy atom. The number of benzene rings is 1. The van der Waals surface area contributed by atoms with Crippen LogP contribution in [0, 0.1) is 11.6 Å². The molecule has 1 aromatic heterocycles. The van der Waals surface area contributed by atoms with Gasteiger partial charge in [0, 0.05) is 38.4 Å². The molecule has 0 radical (unpaired) electrons. The van der Waals surface area contributed by atoms with Gasteiger partial charge in [0.25, 0.3) is 5.91 Å². The molecule has 1 atom stereocenters. The minimum Gasteiger partial charge on any atom is -0.329 e. The van der Waals surface area contributed by atoms with Gasteiger partial charge in [0.2, 0.25) is 0 Å². The van der Waals surface area contributed by atoms with Crippen LogP contribution in [-0.4, -0.2) is 40.2 Å². The van der Waals surface area contributed by atoms with E-state index in [4.69, 9.17) is 0 Å². The Balaban J connectivity index is 1.93. The van der Waals surface area contributed by atoms with Crippen LogP contribution in [0.25, 0.3) is 0 Å². The highest BCUT2D eigenvalue weighted by Gasteiger charge is 2.31. The molecular formula is C15H16F2N4O. The molecule has 1 aromatic carbocycles. The van der Waals surface area contributed by atoms with Gasteiger partial charge in [-0.05, 0) is 12.1 Å². The van der Waals surface area contributed by atoms with Crippen molar-refractivity contribution < 1.29 is 13.6 Å². The molecule has 1 saturated heterocycles. The summed E-state index contributed by atoms with van der Waals surface area (Å²) < 4.78 is 28.9. The Morgan fingerprint density at radius 3 is 2.95 bits per heavy atom. The van der Waals surface area contributed by atoms with Crippen molar-refractivity contribution in [1.82, 2.24) is 20.0 Å². The number of nitrogens with one attached hydrogen (secondary N) is 1. The predicted octanol–water partition coefficient (Wildman–Crippen LogP) is 1.48. The molecule has 0 aliphatic carbocycles. The third-order valence-corrected chi connectivity index (χ3v) is 3.80. The SMILES string of the molecule is Cn1cc(C2CNCCN2C(=O)c2cccc(F)c2F)cn1. The van der Waals surface area contributed by atoms with E-state index in [1.807, 2.05) is 6.20 Å². The summed E-state index contributed by atoms with van der Waals surface area (Å²) in [7, 11) is 1.79. The normalized spacial score (nSPS) is 18.5. The quantitative estimate of drug-likeness (QED) is 0.914. The molecular weight excluding hydrogens is 290 g/mol. The second-order valence-corrected chi connectivity index (χ2v) is 5.27. The van der Waals surface area contributed by atoms with Gasteiger partial charge in [-0.3, -0.25) is 9.48 Å². The summed E-state index contributed by atoms with van der Waals surface area (Å²) in [5.41, 5.74) is 0.621. The molecule has 5 nitrogen and oxygen atoms in total. The summed E-state index contributed by atoms with van der Waals surface area (Å²) in [5.74, 6) is -2.62.